The predicted molar refractivity (Wildman–Crippen MR) is 125 cm³/mol. The van der Waals surface area contributed by atoms with E-state index in [-0.39, 0.29) is 17.9 Å². The lowest BCUT2D eigenvalue weighted by molar-refractivity contribution is -0.119. The molecule has 1 aromatic carbocycles. The highest BCUT2D eigenvalue weighted by Crippen LogP contribution is 2.30. The molecule has 1 saturated heterocycles. The molecule has 0 saturated carbocycles. The fourth-order valence-corrected chi connectivity index (χ4v) is 4.24. The molecule has 1 amide bonds. The van der Waals surface area contributed by atoms with Crippen LogP contribution in [-0.4, -0.2) is 41.6 Å². The van der Waals surface area contributed by atoms with Crippen molar-refractivity contribution in [1.82, 2.24) is 4.90 Å². The number of likely N-dealkylation sites (tertiary alicyclic amines) is 1. The number of unbranched alkanes of at least 4 members (excludes halogenated alkanes) is 6. The predicted octanol–water partition coefficient (Wildman–Crippen LogP) is 6.33. The van der Waals surface area contributed by atoms with E-state index in [0.29, 0.717) is 12.8 Å². The standard InChI is InChI=1S/C26H41NO4/c1-6-7-8-9-10-11-12-13-21-19-24(28)23(27(21)25(29)31-26(2,3)4)18-20-14-16-22(30-5)17-15-20/h14-17,21,23H,6-13,18-19H2,1-5H3/t21-,23+/m1/s1. The van der Waals surface area contributed by atoms with E-state index in [0.717, 1.165) is 30.6 Å². The molecule has 0 aliphatic carbocycles. The van der Waals surface area contributed by atoms with Crippen LogP contribution in [0.4, 0.5) is 4.79 Å². The maximum absolute atomic E-state index is 13.1. The number of ether oxygens (including phenoxy) is 2. The number of methoxy groups -OCH3 is 1. The maximum atomic E-state index is 13.1. The first-order valence-electron chi connectivity index (χ1n) is 11.9. The number of carbonyl (C=O) groups is 2. The SMILES string of the molecule is CCCCCCCCC[C@@H]1CC(=O)[C@H](Cc2ccc(OC)cc2)N1C(=O)OC(C)(C)C. The summed E-state index contributed by atoms with van der Waals surface area (Å²) < 4.78 is 10.9. The molecule has 0 N–H and O–H groups in total. The fourth-order valence-electron chi connectivity index (χ4n) is 4.24. The van der Waals surface area contributed by atoms with Crippen LogP contribution in [0.2, 0.25) is 0 Å². The molecule has 0 unspecified atom stereocenters. The molecule has 1 fully saturated rings. The second-order valence-corrected chi connectivity index (χ2v) is 9.69. The third-order valence-electron chi connectivity index (χ3n) is 5.87. The van der Waals surface area contributed by atoms with Crippen LogP contribution in [0.3, 0.4) is 0 Å². The van der Waals surface area contributed by atoms with E-state index in [4.69, 9.17) is 9.47 Å². The van der Waals surface area contributed by atoms with Crippen molar-refractivity contribution in [2.24, 2.45) is 0 Å². The zero-order valence-corrected chi connectivity index (χ0v) is 20.1. The van der Waals surface area contributed by atoms with Crippen molar-refractivity contribution >= 4 is 11.9 Å². The van der Waals surface area contributed by atoms with Gasteiger partial charge >= 0.3 is 6.09 Å². The molecule has 1 heterocycles. The van der Waals surface area contributed by atoms with Gasteiger partial charge in [-0.2, -0.15) is 0 Å². The minimum atomic E-state index is -0.586. The van der Waals surface area contributed by atoms with Crippen molar-refractivity contribution in [2.45, 2.75) is 110 Å². The molecule has 174 valence electrons. The summed E-state index contributed by atoms with van der Waals surface area (Å²) in [7, 11) is 1.63. The van der Waals surface area contributed by atoms with Crippen LogP contribution in [0.25, 0.3) is 0 Å². The summed E-state index contributed by atoms with van der Waals surface area (Å²) in [5.41, 5.74) is 0.432. The Morgan fingerprint density at radius 3 is 2.23 bits per heavy atom. The number of Topliss-reactive ketones (excluding diaryl/α,β-unsaturated/α-hetero) is 1. The first kappa shape index (κ1) is 25.2. The van der Waals surface area contributed by atoms with Gasteiger partial charge in [-0.25, -0.2) is 4.79 Å². The minimum absolute atomic E-state index is 0.0683. The van der Waals surface area contributed by atoms with Crippen molar-refractivity contribution in [3.05, 3.63) is 29.8 Å². The van der Waals surface area contributed by atoms with Gasteiger partial charge < -0.3 is 9.47 Å². The highest BCUT2D eigenvalue weighted by atomic mass is 16.6. The first-order valence-corrected chi connectivity index (χ1v) is 11.9. The number of rotatable bonds is 11. The Hall–Kier alpha value is -2.04. The molecule has 2 rings (SSSR count). The van der Waals surface area contributed by atoms with Crippen LogP contribution < -0.4 is 4.74 Å². The Morgan fingerprint density at radius 2 is 1.65 bits per heavy atom. The van der Waals surface area contributed by atoms with Gasteiger partial charge in [0.1, 0.15) is 11.4 Å². The first-order chi connectivity index (χ1) is 14.7. The Bertz CT molecular complexity index is 692. The quantitative estimate of drug-likeness (QED) is 0.384. The summed E-state index contributed by atoms with van der Waals surface area (Å²) in [5, 5.41) is 0. The summed E-state index contributed by atoms with van der Waals surface area (Å²) in [6.07, 6.45) is 9.97. The highest BCUT2D eigenvalue weighted by Gasteiger charge is 2.44. The summed E-state index contributed by atoms with van der Waals surface area (Å²) >= 11 is 0. The number of hydrogen-bond donors (Lipinski definition) is 0. The van der Waals surface area contributed by atoms with Crippen LogP contribution in [0.1, 0.15) is 91.0 Å². The highest BCUT2D eigenvalue weighted by molar-refractivity contribution is 5.91. The van der Waals surface area contributed by atoms with Gasteiger partial charge in [-0.15, -0.1) is 0 Å². The van der Waals surface area contributed by atoms with Crippen molar-refractivity contribution < 1.29 is 19.1 Å². The zero-order valence-electron chi connectivity index (χ0n) is 20.1. The van der Waals surface area contributed by atoms with Crippen LogP contribution in [-0.2, 0) is 16.0 Å². The van der Waals surface area contributed by atoms with Crippen molar-refractivity contribution in [2.75, 3.05) is 7.11 Å². The summed E-state index contributed by atoms with van der Waals surface area (Å²) in [5.74, 6) is 0.914. The molecule has 0 radical (unpaired) electrons. The smallest absolute Gasteiger partial charge is 0.411 e. The minimum Gasteiger partial charge on any atom is -0.497 e. The molecule has 1 aliphatic heterocycles. The Labute approximate surface area is 188 Å². The summed E-state index contributed by atoms with van der Waals surface area (Å²) in [6.45, 7) is 7.83. The molecule has 0 aromatic heterocycles. The number of amides is 1. The Kier molecular flexibility index (Phi) is 9.86. The number of carbonyl (C=O) groups excluding carboxylic acids is 2. The number of benzene rings is 1. The molecule has 1 aromatic rings. The molecule has 5 nitrogen and oxygen atoms in total. The van der Waals surface area contributed by atoms with Crippen LogP contribution >= 0.6 is 0 Å². The van der Waals surface area contributed by atoms with Crippen LogP contribution in [0.15, 0.2) is 24.3 Å². The molecule has 1 aliphatic rings. The van der Waals surface area contributed by atoms with E-state index >= 15 is 0 Å². The average molecular weight is 432 g/mol. The number of hydrogen-bond acceptors (Lipinski definition) is 4. The Balaban J connectivity index is 2.04. The summed E-state index contributed by atoms with van der Waals surface area (Å²) in [6, 6.07) is 7.18. The molecule has 5 heteroatoms. The molecule has 31 heavy (non-hydrogen) atoms. The van der Waals surface area contributed by atoms with Crippen molar-refractivity contribution in [3.63, 3.8) is 0 Å². The van der Waals surface area contributed by atoms with Gasteiger partial charge in [-0.05, 0) is 44.9 Å². The van der Waals surface area contributed by atoms with E-state index in [1.807, 2.05) is 45.0 Å². The van der Waals surface area contributed by atoms with E-state index in [2.05, 4.69) is 6.92 Å². The Morgan fingerprint density at radius 1 is 1.03 bits per heavy atom. The van der Waals surface area contributed by atoms with Crippen molar-refractivity contribution in [3.8, 4) is 5.75 Å². The lowest BCUT2D eigenvalue weighted by Gasteiger charge is -2.32. The van der Waals surface area contributed by atoms with Gasteiger partial charge in [0.05, 0.1) is 13.2 Å². The van der Waals surface area contributed by atoms with Gasteiger partial charge in [-0.1, -0.05) is 64.0 Å². The normalized spacial score (nSPS) is 19.0. The third-order valence-corrected chi connectivity index (χ3v) is 5.87. The van der Waals surface area contributed by atoms with Gasteiger partial charge in [0, 0.05) is 18.9 Å². The second kappa shape index (κ2) is 12.1. The largest absolute Gasteiger partial charge is 0.497 e. The second-order valence-electron chi connectivity index (χ2n) is 9.69. The fraction of sp³-hybridized carbons (Fsp3) is 0.692. The molecular formula is C26H41NO4. The lowest BCUT2D eigenvalue weighted by atomic mass is 10.0. The monoisotopic (exact) mass is 431 g/mol. The number of ketones is 1. The van der Waals surface area contributed by atoms with Gasteiger partial charge in [0.15, 0.2) is 5.78 Å². The molecular weight excluding hydrogens is 390 g/mol. The molecule has 0 spiro atoms. The zero-order chi connectivity index (χ0) is 22.9. The number of nitrogens with zero attached hydrogens (tertiary/aromatic N) is 1. The van der Waals surface area contributed by atoms with E-state index < -0.39 is 11.6 Å². The lowest BCUT2D eigenvalue weighted by Crippen LogP contribution is -2.46. The average Bonchev–Trinajstić information content (AvgIpc) is 3.02. The molecule has 2 atom stereocenters. The molecule has 0 bridgehead atoms. The van der Waals surface area contributed by atoms with Crippen LogP contribution in [0.5, 0.6) is 5.75 Å². The van der Waals surface area contributed by atoms with E-state index in [1.54, 1.807) is 12.0 Å². The maximum Gasteiger partial charge on any atom is 0.411 e. The van der Waals surface area contributed by atoms with Gasteiger partial charge in [0.25, 0.3) is 0 Å². The van der Waals surface area contributed by atoms with Crippen molar-refractivity contribution in [1.29, 1.82) is 0 Å². The van der Waals surface area contributed by atoms with Crippen LogP contribution in [0, 0.1) is 0 Å². The topological polar surface area (TPSA) is 55.8 Å². The summed E-state index contributed by atoms with van der Waals surface area (Å²) in [4.78, 5) is 27.7. The third kappa shape index (κ3) is 8.19. The van der Waals surface area contributed by atoms with Gasteiger partial charge in [-0.3, -0.25) is 9.69 Å². The van der Waals surface area contributed by atoms with E-state index in [1.165, 1.54) is 32.1 Å². The van der Waals surface area contributed by atoms with Gasteiger partial charge in [0.2, 0.25) is 0 Å². The van der Waals surface area contributed by atoms with E-state index in [9.17, 15) is 9.59 Å².